The van der Waals surface area contributed by atoms with E-state index in [1.807, 2.05) is 6.07 Å². The molecular formula is C15H22ClN. The Hall–Kier alpha value is -0.530. The summed E-state index contributed by atoms with van der Waals surface area (Å²) >= 11 is 6.13. The average molecular weight is 252 g/mol. The van der Waals surface area contributed by atoms with Crippen LogP contribution in [0.15, 0.2) is 24.3 Å². The Bertz CT molecular complexity index is 386. The lowest BCUT2D eigenvalue weighted by molar-refractivity contribution is 0.232. The van der Waals surface area contributed by atoms with Crippen molar-refractivity contribution < 1.29 is 0 Å². The van der Waals surface area contributed by atoms with Crippen LogP contribution in [0.1, 0.15) is 45.6 Å². The predicted molar refractivity (Wildman–Crippen MR) is 74.4 cm³/mol. The van der Waals surface area contributed by atoms with Crippen LogP contribution in [0.5, 0.6) is 0 Å². The highest BCUT2D eigenvalue weighted by atomic mass is 35.5. The number of nitrogens with one attached hydrogen (secondary N) is 1. The van der Waals surface area contributed by atoms with E-state index in [-0.39, 0.29) is 5.54 Å². The number of benzene rings is 1. The van der Waals surface area contributed by atoms with Gasteiger partial charge in [0.2, 0.25) is 0 Å². The van der Waals surface area contributed by atoms with Crippen molar-refractivity contribution in [2.24, 2.45) is 5.41 Å². The molecule has 1 nitrogen and oxygen atoms in total. The topological polar surface area (TPSA) is 12.0 Å². The van der Waals surface area contributed by atoms with Crippen molar-refractivity contribution in [2.75, 3.05) is 6.54 Å². The van der Waals surface area contributed by atoms with Crippen LogP contribution in [0.3, 0.4) is 0 Å². The van der Waals surface area contributed by atoms with Gasteiger partial charge in [-0.15, -0.1) is 0 Å². The van der Waals surface area contributed by atoms with Crippen molar-refractivity contribution in [2.45, 2.75) is 45.6 Å². The Morgan fingerprint density at radius 3 is 2.65 bits per heavy atom. The van der Waals surface area contributed by atoms with E-state index in [2.05, 4.69) is 44.3 Å². The maximum absolute atomic E-state index is 6.13. The molecule has 0 spiro atoms. The van der Waals surface area contributed by atoms with Crippen LogP contribution in [0.4, 0.5) is 0 Å². The fourth-order valence-corrected chi connectivity index (χ4v) is 3.19. The SMILES string of the molecule is CC(C)(C)CC1(c2cccc(Cl)c2)CCCN1. The first kappa shape index (κ1) is 12.9. The third-order valence-corrected chi connectivity index (χ3v) is 3.69. The summed E-state index contributed by atoms with van der Waals surface area (Å²) in [5.41, 5.74) is 1.79. The molecule has 1 N–H and O–H groups in total. The fraction of sp³-hybridized carbons (Fsp3) is 0.600. The largest absolute Gasteiger partial charge is 0.307 e. The molecule has 0 aromatic heterocycles. The molecule has 1 heterocycles. The van der Waals surface area contributed by atoms with E-state index in [1.54, 1.807) is 0 Å². The van der Waals surface area contributed by atoms with E-state index in [1.165, 1.54) is 18.4 Å². The summed E-state index contributed by atoms with van der Waals surface area (Å²) in [5.74, 6) is 0. The summed E-state index contributed by atoms with van der Waals surface area (Å²) in [6.45, 7) is 8.03. The summed E-state index contributed by atoms with van der Waals surface area (Å²) in [5, 5.41) is 4.55. The second-order valence-corrected chi connectivity index (χ2v) is 6.80. The Balaban J connectivity index is 2.34. The first-order valence-corrected chi connectivity index (χ1v) is 6.80. The normalized spacial score (nSPS) is 25.2. The van der Waals surface area contributed by atoms with E-state index in [0.717, 1.165) is 18.0 Å². The van der Waals surface area contributed by atoms with Crippen molar-refractivity contribution in [3.63, 3.8) is 0 Å². The first-order chi connectivity index (χ1) is 7.91. The highest BCUT2D eigenvalue weighted by Crippen LogP contribution is 2.41. The van der Waals surface area contributed by atoms with Crippen LogP contribution >= 0.6 is 11.6 Å². The first-order valence-electron chi connectivity index (χ1n) is 6.42. The third-order valence-electron chi connectivity index (χ3n) is 3.45. The lowest BCUT2D eigenvalue weighted by atomic mass is 9.75. The number of hydrogen-bond donors (Lipinski definition) is 1. The predicted octanol–water partition coefficient (Wildman–Crippen LogP) is 4.35. The molecule has 0 bridgehead atoms. The van der Waals surface area contributed by atoms with Crippen molar-refractivity contribution in [3.05, 3.63) is 34.9 Å². The quantitative estimate of drug-likeness (QED) is 0.824. The van der Waals surface area contributed by atoms with Gasteiger partial charge in [0.25, 0.3) is 0 Å². The van der Waals surface area contributed by atoms with Crippen molar-refractivity contribution >= 4 is 11.6 Å². The minimum atomic E-state index is 0.128. The van der Waals surface area contributed by atoms with E-state index < -0.39 is 0 Å². The number of halogens is 1. The van der Waals surface area contributed by atoms with E-state index in [4.69, 9.17) is 11.6 Å². The Morgan fingerprint density at radius 2 is 2.12 bits per heavy atom. The minimum Gasteiger partial charge on any atom is -0.307 e. The molecule has 1 atom stereocenters. The van der Waals surface area contributed by atoms with Crippen LogP contribution in [0, 0.1) is 5.41 Å². The lowest BCUT2D eigenvalue weighted by Crippen LogP contribution is -2.40. The molecule has 1 fully saturated rings. The van der Waals surface area contributed by atoms with Crippen LogP contribution in [0.2, 0.25) is 5.02 Å². The zero-order chi connectivity index (χ0) is 12.5. The molecule has 2 heteroatoms. The molecule has 0 aliphatic carbocycles. The smallest absolute Gasteiger partial charge is 0.0440 e. The highest BCUT2D eigenvalue weighted by molar-refractivity contribution is 6.30. The van der Waals surface area contributed by atoms with Crippen LogP contribution in [-0.4, -0.2) is 6.54 Å². The molecule has 0 radical (unpaired) electrons. The zero-order valence-electron chi connectivity index (χ0n) is 11.0. The molecule has 94 valence electrons. The molecule has 1 unspecified atom stereocenters. The van der Waals surface area contributed by atoms with E-state index in [9.17, 15) is 0 Å². The van der Waals surface area contributed by atoms with Gasteiger partial charge < -0.3 is 5.32 Å². The van der Waals surface area contributed by atoms with Crippen LogP contribution in [0.25, 0.3) is 0 Å². The summed E-state index contributed by atoms with van der Waals surface area (Å²) in [6.07, 6.45) is 3.62. The summed E-state index contributed by atoms with van der Waals surface area (Å²) in [4.78, 5) is 0. The van der Waals surface area contributed by atoms with Crippen LogP contribution < -0.4 is 5.32 Å². The van der Waals surface area contributed by atoms with Crippen molar-refractivity contribution in [3.8, 4) is 0 Å². The van der Waals surface area contributed by atoms with Gasteiger partial charge in [0.15, 0.2) is 0 Å². The Kier molecular flexibility index (Phi) is 3.51. The van der Waals surface area contributed by atoms with Gasteiger partial charge in [-0.05, 0) is 48.9 Å². The molecule has 0 saturated carbocycles. The molecule has 1 aromatic rings. The van der Waals surface area contributed by atoms with Crippen molar-refractivity contribution in [1.82, 2.24) is 5.32 Å². The molecule has 1 aromatic carbocycles. The highest BCUT2D eigenvalue weighted by Gasteiger charge is 2.38. The van der Waals surface area contributed by atoms with Gasteiger partial charge in [0.1, 0.15) is 0 Å². The van der Waals surface area contributed by atoms with Gasteiger partial charge in [0, 0.05) is 10.6 Å². The Labute approximate surface area is 110 Å². The van der Waals surface area contributed by atoms with Crippen LogP contribution in [-0.2, 0) is 5.54 Å². The minimum absolute atomic E-state index is 0.128. The molecule has 0 amide bonds. The standard InChI is InChI=1S/C15H22ClN/c1-14(2,3)11-15(8-5-9-17-15)12-6-4-7-13(16)10-12/h4,6-7,10,17H,5,8-9,11H2,1-3H3. The number of rotatable bonds is 2. The molecule has 17 heavy (non-hydrogen) atoms. The maximum Gasteiger partial charge on any atom is 0.0440 e. The number of hydrogen-bond acceptors (Lipinski definition) is 1. The molecule has 1 aliphatic rings. The fourth-order valence-electron chi connectivity index (χ4n) is 3.00. The van der Waals surface area contributed by atoms with Gasteiger partial charge in [0.05, 0.1) is 0 Å². The average Bonchev–Trinajstić information content (AvgIpc) is 2.65. The molecule has 1 aliphatic heterocycles. The molecule has 2 rings (SSSR count). The Morgan fingerprint density at radius 1 is 1.35 bits per heavy atom. The van der Waals surface area contributed by atoms with E-state index >= 15 is 0 Å². The summed E-state index contributed by atoms with van der Waals surface area (Å²) in [6, 6.07) is 8.33. The van der Waals surface area contributed by atoms with Gasteiger partial charge >= 0.3 is 0 Å². The molecule has 1 saturated heterocycles. The van der Waals surface area contributed by atoms with E-state index in [0.29, 0.717) is 5.41 Å². The van der Waals surface area contributed by atoms with Gasteiger partial charge in [-0.2, -0.15) is 0 Å². The van der Waals surface area contributed by atoms with Gasteiger partial charge in [-0.1, -0.05) is 44.5 Å². The molecular weight excluding hydrogens is 230 g/mol. The summed E-state index contributed by atoms with van der Waals surface area (Å²) < 4.78 is 0. The monoisotopic (exact) mass is 251 g/mol. The maximum atomic E-state index is 6.13. The van der Waals surface area contributed by atoms with Gasteiger partial charge in [-0.3, -0.25) is 0 Å². The second kappa shape index (κ2) is 4.62. The summed E-state index contributed by atoms with van der Waals surface area (Å²) in [7, 11) is 0. The third kappa shape index (κ3) is 3.02. The van der Waals surface area contributed by atoms with Crippen molar-refractivity contribution in [1.29, 1.82) is 0 Å². The lowest BCUT2D eigenvalue weighted by Gasteiger charge is -2.36. The second-order valence-electron chi connectivity index (χ2n) is 6.36. The van der Waals surface area contributed by atoms with Gasteiger partial charge in [-0.25, -0.2) is 0 Å². The zero-order valence-corrected chi connectivity index (χ0v) is 11.8.